The van der Waals surface area contributed by atoms with Crippen molar-refractivity contribution in [1.82, 2.24) is 10.2 Å². The number of piperazine rings is 1. The van der Waals surface area contributed by atoms with Crippen LogP contribution in [0.3, 0.4) is 0 Å². The molecule has 1 N–H and O–H groups in total. The topological polar surface area (TPSA) is 58.6 Å². The van der Waals surface area contributed by atoms with E-state index in [1.54, 1.807) is 13.2 Å². The Morgan fingerprint density at radius 3 is 2.46 bits per heavy atom. The lowest BCUT2D eigenvalue weighted by Gasteiger charge is -2.29. The number of amides is 2. The molecule has 0 bridgehead atoms. The Morgan fingerprint density at radius 1 is 1.08 bits per heavy atom. The van der Waals surface area contributed by atoms with Gasteiger partial charge >= 0.3 is 0 Å². The van der Waals surface area contributed by atoms with Crippen molar-refractivity contribution in [3.63, 3.8) is 0 Å². The van der Waals surface area contributed by atoms with Gasteiger partial charge in [-0.15, -0.1) is 0 Å². The third kappa shape index (κ3) is 3.46. The Bertz CT molecular complexity index is 767. The van der Waals surface area contributed by atoms with E-state index in [-0.39, 0.29) is 18.4 Å². The zero-order valence-corrected chi connectivity index (χ0v) is 13.4. The minimum absolute atomic E-state index is 0.0195. The lowest BCUT2D eigenvalue weighted by Crippen LogP contribution is -2.49. The number of hydrogen-bond acceptors (Lipinski definition) is 3. The Hall–Kier alpha value is -3.08. The summed E-state index contributed by atoms with van der Waals surface area (Å²) in [6.45, 7) is 0.390. The highest BCUT2D eigenvalue weighted by Crippen LogP contribution is 2.19. The Kier molecular flexibility index (Phi) is 4.61. The molecule has 1 aliphatic heterocycles. The maximum atomic E-state index is 12.3. The van der Waals surface area contributed by atoms with Crippen molar-refractivity contribution in [1.29, 1.82) is 0 Å². The van der Waals surface area contributed by atoms with E-state index in [1.165, 1.54) is 4.90 Å². The van der Waals surface area contributed by atoms with E-state index in [2.05, 4.69) is 5.32 Å². The van der Waals surface area contributed by atoms with Crippen LogP contribution in [0.1, 0.15) is 11.1 Å². The molecular formula is C19H18N2O3. The van der Waals surface area contributed by atoms with Gasteiger partial charge in [0.05, 0.1) is 20.2 Å². The summed E-state index contributed by atoms with van der Waals surface area (Å²) in [5, 5.41) is 2.62. The van der Waals surface area contributed by atoms with Crippen molar-refractivity contribution in [2.45, 2.75) is 6.54 Å². The van der Waals surface area contributed by atoms with Gasteiger partial charge in [-0.05, 0) is 29.3 Å². The molecule has 0 aromatic heterocycles. The van der Waals surface area contributed by atoms with Gasteiger partial charge in [-0.2, -0.15) is 0 Å². The summed E-state index contributed by atoms with van der Waals surface area (Å²) < 4.78 is 5.13. The maximum absolute atomic E-state index is 12.3. The van der Waals surface area contributed by atoms with Crippen molar-refractivity contribution < 1.29 is 14.3 Å². The summed E-state index contributed by atoms with van der Waals surface area (Å²) in [5.41, 5.74) is 2.15. The van der Waals surface area contributed by atoms with E-state index >= 15 is 0 Å². The van der Waals surface area contributed by atoms with Crippen molar-refractivity contribution >= 4 is 17.9 Å². The Balaban J connectivity index is 1.91. The van der Waals surface area contributed by atoms with E-state index in [1.807, 2.05) is 54.6 Å². The summed E-state index contributed by atoms with van der Waals surface area (Å²) >= 11 is 0. The number of carbonyl (C=O) groups excluding carboxylic acids is 2. The third-order valence-corrected chi connectivity index (χ3v) is 3.83. The molecule has 5 nitrogen and oxygen atoms in total. The molecule has 5 heteroatoms. The molecule has 0 atom stereocenters. The lowest BCUT2D eigenvalue weighted by atomic mass is 10.1. The van der Waals surface area contributed by atoms with Crippen LogP contribution >= 0.6 is 0 Å². The second-order valence-electron chi connectivity index (χ2n) is 5.45. The largest absolute Gasteiger partial charge is 0.497 e. The first-order valence-corrected chi connectivity index (χ1v) is 7.65. The van der Waals surface area contributed by atoms with Crippen LogP contribution in [0.2, 0.25) is 0 Å². The molecule has 1 fully saturated rings. The Morgan fingerprint density at radius 2 is 1.79 bits per heavy atom. The molecule has 0 unspecified atom stereocenters. The SMILES string of the molecule is COc1ccc(C=C2C(=O)NCC(=O)N2Cc2ccccc2)cc1. The van der Waals surface area contributed by atoms with Crippen LogP contribution < -0.4 is 10.1 Å². The molecule has 0 radical (unpaired) electrons. The van der Waals surface area contributed by atoms with Crippen molar-refractivity contribution in [2.75, 3.05) is 13.7 Å². The number of nitrogens with zero attached hydrogens (tertiary/aromatic N) is 1. The molecule has 1 heterocycles. The van der Waals surface area contributed by atoms with Crippen LogP contribution in [0.25, 0.3) is 6.08 Å². The molecule has 2 aromatic carbocycles. The predicted molar refractivity (Wildman–Crippen MR) is 91.0 cm³/mol. The van der Waals surface area contributed by atoms with Gasteiger partial charge in [0, 0.05) is 0 Å². The van der Waals surface area contributed by atoms with E-state index in [0.717, 1.165) is 16.9 Å². The second-order valence-corrected chi connectivity index (χ2v) is 5.45. The molecule has 0 saturated carbocycles. The van der Waals surface area contributed by atoms with E-state index in [0.29, 0.717) is 12.2 Å². The minimum atomic E-state index is -0.249. The molecule has 3 rings (SSSR count). The van der Waals surface area contributed by atoms with E-state index in [4.69, 9.17) is 4.74 Å². The highest BCUT2D eigenvalue weighted by atomic mass is 16.5. The second kappa shape index (κ2) is 7.00. The van der Waals surface area contributed by atoms with Crippen LogP contribution in [0.5, 0.6) is 5.75 Å². The quantitative estimate of drug-likeness (QED) is 0.878. The number of ether oxygens (including phenoxy) is 1. The van der Waals surface area contributed by atoms with Crippen LogP contribution in [-0.4, -0.2) is 30.4 Å². The number of nitrogens with one attached hydrogen (secondary N) is 1. The summed E-state index contributed by atoms with van der Waals surface area (Å²) in [6.07, 6.45) is 1.72. The summed E-state index contributed by atoms with van der Waals surface area (Å²) in [6, 6.07) is 16.9. The number of hydrogen-bond donors (Lipinski definition) is 1. The molecule has 0 spiro atoms. The molecular weight excluding hydrogens is 304 g/mol. The van der Waals surface area contributed by atoms with Crippen molar-refractivity contribution in [2.24, 2.45) is 0 Å². The monoisotopic (exact) mass is 322 g/mol. The summed E-state index contributed by atoms with van der Waals surface area (Å²) in [4.78, 5) is 26.1. The fraction of sp³-hybridized carbons (Fsp3) is 0.158. The average Bonchev–Trinajstić information content (AvgIpc) is 2.62. The molecule has 2 aromatic rings. The number of rotatable bonds is 4. The van der Waals surface area contributed by atoms with E-state index < -0.39 is 0 Å². The number of carbonyl (C=O) groups is 2. The van der Waals surface area contributed by atoms with Gasteiger partial charge in [0.15, 0.2) is 0 Å². The normalized spacial score (nSPS) is 16.2. The fourth-order valence-electron chi connectivity index (χ4n) is 2.54. The Labute approximate surface area is 140 Å². The van der Waals surface area contributed by atoms with Gasteiger partial charge in [-0.3, -0.25) is 9.59 Å². The third-order valence-electron chi connectivity index (χ3n) is 3.83. The molecule has 2 amide bonds. The van der Waals surface area contributed by atoms with E-state index in [9.17, 15) is 9.59 Å². The highest BCUT2D eigenvalue weighted by Gasteiger charge is 2.28. The smallest absolute Gasteiger partial charge is 0.268 e. The first kappa shape index (κ1) is 15.8. The van der Waals surface area contributed by atoms with Gasteiger partial charge in [0.2, 0.25) is 5.91 Å². The van der Waals surface area contributed by atoms with Crippen LogP contribution in [0.15, 0.2) is 60.3 Å². The number of methoxy groups -OCH3 is 1. The highest BCUT2D eigenvalue weighted by molar-refractivity contribution is 6.05. The maximum Gasteiger partial charge on any atom is 0.268 e. The van der Waals surface area contributed by atoms with Gasteiger partial charge < -0.3 is 15.0 Å². The van der Waals surface area contributed by atoms with Gasteiger partial charge in [0.25, 0.3) is 5.91 Å². The van der Waals surface area contributed by atoms with Gasteiger partial charge in [-0.25, -0.2) is 0 Å². The summed E-state index contributed by atoms with van der Waals surface area (Å²) in [5.74, 6) is 0.363. The van der Waals surface area contributed by atoms with Crippen LogP contribution in [0, 0.1) is 0 Å². The van der Waals surface area contributed by atoms with Gasteiger partial charge in [-0.1, -0.05) is 42.5 Å². The van der Waals surface area contributed by atoms with Crippen LogP contribution in [-0.2, 0) is 16.1 Å². The van der Waals surface area contributed by atoms with Crippen molar-refractivity contribution in [3.05, 3.63) is 71.4 Å². The zero-order chi connectivity index (χ0) is 16.9. The first-order chi connectivity index (χ1) is 11.7. The fourth-order valence-corrected chi connectivity index (χ4v) is 2.54. The number of benzene rings is 2. The standard InChI is InChI=1S/C19H18N2O3/c1-24-16-9-7-14(8-10-16)11-17-19(23)20-12-18(22)21(17)13-15-5-3-2-4-6-15/h2-11H,12-13H2,1H3,(H,20,23). The lowest BCUT2D eigenvalue weighted by molar-refractivity contribution is -0.136. The minimum Gasteiger partial charge on any atom is -0.497 e. The van der Waals surface area contributed by atoms with Gasteiger partial charge in [0.1, 0.15) is 11.4 Å². The van der Waals surface area contributed by atoms with Crippen LogP contribution in [0.4, 0.5) is 0 Å². The van der Waals surface area contributed by atoms with Crippen molar-refractivity contribution in [3.8, 4) is 5.75 Å². The summed E-state index contributed by atoms with van der Waals surface area (Å²) in [7, 11) is 1.60. The predicted octanol–water partition coefficient (Wildman–Crippen LogP) is 2.19. The molecule has 24 heavy (non-hydrogen) atoms. The average molecular weight is 322 g/mol. The molecule has 1 saturated heterocycles. The first-order valence-electron chi connectivity index (χ1n) is 7.65. The molecule has 1 aliphatic rings. The molecule has 122 valence electrons. The zero-order valence-electron chi connectivity index (χ0n) is 13.4. The molecule has 0 aliphatic carbocycles.